The highest BCUT2D eigenvalue weighted by molar-refractivity contribution is 5.77. The fourth-order valence-corrected chi connectivity index (χ4v) is 9.03. The standard InChI is InChI=1S/C48H46N2/c1-5-15-35(16-6-1)38-31-39(36-17-7-2-8-18-36)33-40(32-38)37-25-27-43(28-26-37)50-47-24-14-13-23-45(47)46-34-44(29-30-48(46)50)49(41-19-9-3-10-20-41)42-21-11-4-12-22-42/h1-3,5-9,11,13-19,21-23,25,27-29,31-32,34,37,39,47-48H,4,10,12,20,24,26,30,33H2. The van der Waals surface area contributed by atoms with E-state index in [0.717, 1.165) is 51.4 Å². The summed E-state index contributed by atoms with van der Waals surface area (Å²) in [7, 11) is 0. The molecule has 2 aromatic rings. The molecule has 0 saturated carbocycles. The van der Waals surface area contributed by atoms with Gasteiger partial charge in [0.25, 0.3) is 0 Å². The quantitative estimate of drug-likeness (QED) is 0.294. The van der Waals surface area contributed by atoms with Crippen molar-refractivity contribution in [3.05, 3.63) is 209 Å². The zero-order valence-corrected chi connectivity index (χ0v) is 28.9. The second-order valence-electron chi connectivity index (χ2n) is 14.5. The van der Waals surface area contributed by atoms with Gasteiger partial charge in [0.05, 0.1) is 12.1 Å². The zero-order valence-electron chi connectivity index (χ0n) is 28.9. The average Bonchev–Trinajstić information content (AvgIpc) is 3.53. The summed E-state index contributed by atoms with van der Waals surface area (Å²) in [6.45, 7) is 0. The van der Waals surface area contributed by atoms with Crippen LogP contribution in [-0.2, 0) is 0 Å². The summed E-state index contributed by atoms with van der Waals surface area (Å²) < 4.78 is 0. The normalized spacial score (nSPS) is 26.8. The van der Waals surface area contributed by atoms with Crippen LogP contribution in [0.3, 0.4) is 0 Å². The molecule has 4 unspecified atom stereocenters. The van der Waals surface area contributed by atoms with Gasteiger partial charge >= 0.3 is 0 Å². The zero-order chi connectivity index (χ0) is 33.3. The highest BCUT2D eigenvalue weighted by atomic mass is 15.2. The lowest BCUT2D eigenvalue weighted by molar-refractivity contribution is 0.276. The van der Waals surface area contributed by atoms with Crippen molar-refractivity contribution >= 4 is 5.57 Å². The molecule has 0 aromatic heterocycles. The first-order chi connectivity index (χ1) is 24.8. The summed E-state index contributed by atoms with van der Waals surface area (Å²) in [6.07, 6.45) is 47.1. The minimum absolute atomic E-state index is 0.365. The Bertz CT molecular complexity index is 2020. The van der Waals surface area contributed by atoms with Crippen molar-refractivity contribution < 1.29 is 0 Å². The summed E-state index contributed by atoms with van der Waals surface area (Å²) in [6, 6.07) is 22.7. The van der Waals surface area contributed by atoms with Gasteiger partial charge in [0.2, 0.25) is 0 Å². The van der Waals surface area contributed by atoms with Gasteiger partial charge in [0, 0.05) is 34.6 Å². The van der Waals surface area contributed by atoms with Crippen molar-refractivity contribution in [2.75, 3.05) is 0 Å². The molecule has 1 fully saturated rings. The van der Waals surface area contributed by atoms with Gasteiger partial charge in [0.15, 0.2) is 0 Å². The maximum absolute atomic E-state index is 2.76. The molecule has 50 heavy (non-hydrogen) atoms. The lowest BCUT2D eigenvalue weighted by Gasteiger charge is -2.37. The van der Waals surface area contributed by atoms with Crippen LogP contribution in [0.25, 0.3) is 5.57 Å². The topological polar surface area (TPSA) is 6.48 Å². The van der Waals surface area contributed by atoms with Crippen LogP contribution in [0.15, 0.2) is 197 Å². The Kier molecular flexibility index (Phi) is 8.46. The fraction of sp³-hybridized carbons (Fsp3) is 0.250. The molecule has 2 nitrogen and oxygen atoms in total. The van der Waals surface area contributed by atoms with Crippen LogP contribution in [0.5, 0.6) is 0 Å². The molecular formula is C48H46N2. The third-order valence-electron chi connectivity index (χ3n) is 11.5. The van der Waals surface area contributed by atoms with Crippen molar-refractivity contribution in [1.82, 2.24) is 9.80 Å². The van der Waals surface area contributed by atoms with Crippen LogP contribution >= 0.6 is 0 Å². The molecule has 0 radical (unpaired) electrons. The van der Waals surface area contributed by atoms with Gasteiger partial charge in [-0.05, 0) is 104 Å². The monoisotopic (exact) mass is 650 g/mol. The number of likely N-dealkylation sites (tertiary alicyclic amines) is 1. The molecule has 248 valence electrons. The number of nitrogens with zero attached hydrogens (tertiary/aromatic N) is 2. The molecular weight excluding hydrogens is 605 g/mol. The molecule has 0 bridgehead atoms. The third-order valence-corrected chi connectivity index (χ3v) is 11.5. The summed E-state index contributed by atoms with van der Waals surface area (Å²) in [5.74, 6) is 0.804. The molecule has 2 heteroatoms. The Hall–Kier alpha value is -5.08. The van der Waals surface area contributed by atoms with Gasteiger partial charge in [-0.2, -0.15) is 0 Å². The van der Waals surface area contributed by atoms with Crippen LogP contribution in [0, 0.1) is 5.92 Å². The van der Waals surface area contributed by atoms with Gasteiger partial charge in [-0.15, -0.1) is 0 Å². The van der Waals surface area contributed by atoms with Gasteiger partial charge in [-0.1, -0.05) is 139 Å². The van der Waals surface area contributed by atoms with Crippen molar-refractivity contribution in [3.63, 3.8) is 0 Å². The maximum Gasteiger partial charge on any atom is 0.0588 e. The molecule has 1 saturated heterocycles. The molecule has 1 aliphatic heterocycles. The van der Waals surface area contributed by atoms with E-state index in [-0.39, 0.29) is 0 Å². The smallest absolute Gasteiger partial charge is 0.0588 e. The van der Waals surface area contributed by atoms with E-state index >= 15 is 0 Å². The lowest BCUT2D eigenvalue weighted by Crippen LogP contribution is -2.37. The van der Waals surface area contributed by atoms with E-state index in [4.69, 9.17) is 0 Å². The second kappa shape index (κ2) is 13.7. The van der Waals surface area contributed by atoms with Crippen molar-refractivity contribution in [1.29, 1.82) is 0 Å². The first-order valence-electron chi connectivity index (χ1n) is 18.8. The van der Waals surface area contributed by atoms with Gasteiger partial charge in [-0.25, -0.2) is 0 Å². The van der Waals surface area contributed by atoms with Crippen molar-refractivity contribution in [2.24, 2.45) is 5.92 Å². The Morgan fingerprint density at radius 2 is 1.48 bits per heavy atom. The largest absolute Gasteiger partial charge is 0.357 e. The van der Waals surface area contributed by atoms with Gasteiger partial charge < -0.3 is 9.80 Å². The third kappa shape index (κ3) is 5.92. The molecule has 6 aliphatic carbocycles. The lowest BCUT2D eigenvalue weighted by atomic mass is 9.77. The first-order valence-corrected chi connectivity index (χ1v) is 18.8. The summed E-state index contributed by atoms with van der Waals surface area (Å²) in [5.41, 5.74) is 14.0. The van der Waals surface area contributed by atoms with Gasteiger partial charge in [0.1, 0.15) is 0 Å². The number of hydrogen-bond donors (Lipinski definition) is 0. The number of benzene rings is 2. The van der Waals surface area contributed by atoms with Gasteiger partial charge in [-0.3, -0.25) is 0 Å². The van der Waals surface area contributed by atoms with E-state index in [0.29, 0.717) is 23.9 Å². The van der Waals surface area contributed by atoms with Crippen LogP contribution < -0.4 is 0 Å². The van der Waals surface area contributed by atoms with E-state index in [9.17, 15) is 0 Å². The Balaban J connectivity index is 0.994. The van der Waals surface area contributed by atoms with Crippen molar-refractivity contribution in [2.45, 2.75) is 69.4 Å². The number of rotatable bonds is 7. The Morgan fingerprint density at radius 1 is 0.640 bits per heavy atom. The minimum atomic E-state index is 0.365. The van der Waals surface area contributed by atoms with E-state index in [1.807, 2.05) is 0 Å². The number of fused-ring (bicyclic) bond motifs is 3. The Morgan fingerprint density at radius 3 is 2.26 bits per heavy atom. The summed E-state index contributed by atoms with van der Waals surface area (Å²) >= 11 is 0. The molecule has 0 N–H and O–H groups in total. The van der Waals surface area contributed by atoms with Crippen LogP contribution in [-0.4, -0.2) is 21.9 Å². The average molecular weight is 651 g/mol. The van der Waals surface area contributed by atoms with Crippen molar-refractivity contribution in [3.8, 4) is 0 Å². The highest BCUT2D eigenvalue weighted by Crippen LogP contribution is 2.47. The molecule has 7 aliphatic rings. The van der Waals surface area contributed by atoms with Crippen LogP contribution in [0.4, 0.5) is 0 Å². The van der Waals surface area contributed by atoms with E-state index in [1.165, 1.54) is 50.6 Å². The van der Waals surface area contributed by atoms with Crippen LogP contribution in [0.1, 0.15) is 68.4 Å². The predicted molar refractivity (Wildman–Crippen MR) is 208 cm³/mol. The minimum Gasteiger partial charge on any atom is -0.357 e. The molecule has 1 heterocycles. The molecule has 4 atom stereocenters. The second-order valence-corrected chi connectivity index (χ2v) is 14.5. The number of hydrogen-bond acceptors (Lipinski definition) is 2. The molecule has 0 amide bonds. The summed E-state index contributed by atoms with van der Waals surface area (Å²) in [4.78, 5) is 5.30. The first kappa shape index (κ1) is 30.9. The van der Waals surface area contributed by atoms with E-state index in [2.05, 4.69) is 168 Å². The predicted octanol–water partition coefficient (Wildman–Crippen LogP) is 11.6. The number of allylic oxidation sites excluding steroid dienone is 17. The summed E-state index contributed by atoms with van der Waals surface area (Å²) in [5, 5.41) is 0. The Labute approximate surface area is 298 Å². The molecule has 9 rings (SSSR count). The molecule has 2 aromatic carbocycles. The SMILES string of the molecule is C1=CCCC(N(C2=CCCC=C2)C2=CCC3C(=C2)C2=CC=CCC2N3C2=CCC(C3=CC(c4ccccc4)=CC(c4ccccc4)C3)C=C2)=C1. The fourth-order valence-electron chi connectivity index (χ4n) is 9.03. The van der Waals surface area contributed by atoms with E-state index in [1.54, 1.807) is 5.57 Å². The van der Waals surface area contributed by atoms with E-state index < -0.39 is 0 Å². The highest BCUT2D eigenvalue weighted by Gasteiger charge is 2.43. The molecule has 0 spiro atoms. The van der Waals surface area contributed by atoms with Crippen LogP contribution in [0.2, 0.25) is 0 Å². The maximum atomic E-state index is 2.76.